The lowest BCUT2D eigenvalue weighted by Crippen LogP contribution is -2.41. The van der Waals surface area contributed by atoms with Crippen molar-refractivity contribution in [2.75, 3.05) is 5.32 Å². The van der Waals surface area contributed by atoms with Crippen molar-refractivity contribution in [3.63, 3.8) is 0 Å². The van der Waals surface area contributed by atoms with Crippen molar-refractivity contribution in [3.8, 4) is 0 Å². The Bertz CT molecular complexity index is 437. The van der Waals surface area contributed by atoms with E-state index in [1.165, 1.54) is 5.32 Å². The van der Waals surface area contributed by atoms with Crippen LogP contribution in [0.4, 0.5) is 27.6 Å². The highest BCUT2D eigenvalue weighted by molar-refractivity contribution is 6.30. The van der Waals surface area contributed by atoms with E-state index in [4.69, 9.17) is 11.6 Å². The number of halogens is 6. The quantitative estimate of drug-likeness (QED) is 0.841. The highest BCUT2D eigenvalue weighted by atomic mass is 35.5. The van der Waals surface area contributed by atoms with Crippen LogP contribution in [0.25, 0.3) is 0 Å². The molecule has 1 N–H and O–H groups in total. The number of hydrogen-bond donors (Lipinski definition) is 1. The van der Waals surface area contributed by atoms with Gasteiger partial charge < -0.3 is 5.32 Å². The van der Waals surface area contributed by atoms with Gasteiger partial charge in [0.25, 0.3) is 0 Å². The molecule has 0 saturated heterocycles. The average molecular weight is 274 g/mol. The molecule has 0 spiro atoms. The summed E-state index contributed by atoms with van der Waals surface area (Å²) in [6.07, 6.45) is -4.17. The van der Waals surface area contributed by atoms with Crippen LogP contribution in [0.15, 0.2) is 18.2 Å². The molecule has 0 aliphatic rings. The van der Waals surface area contributed by atoms with Crippen molar-refractivity contribution in [3.05, 3.63) is 29.0 Å². The summed E-state index contributed by atoms with van der Waals surface area (Å²) in [6, 6.07) is 2.75. The molecule has 0 aromatic heterocycles. The number of nitrogens with one attached hydrogen (secondary N) is 1. The Morgan fingerprint density at radius 1 is 1.35 bits per heavy atom. The van der Waals surface area contributed by atoms with Crippen molar-refractivity contribution in [1.82, 2.24) is 0 Å². The molecule has 0 unspecified atom stereocenters. The summed E-state index contributed by atoms with van der Waals surface area (Å²) >= 11 is 5.37. The Morgan fingerprint density at radius 2 is 1.94 bits per heavy atom. The predicted octanol–water partition coefficient (Wildman–Crippen LogP) is 3.32. The third-order valence-corrected chi connectivity index (χ3v) is 1.99. The Kier molecular flexibility index (Phi) is 3.92. The van der Waals surface area contributed by atoms with E-state index in [2.05, 4.69) is 0 Å². The summed E-state index contributed by atoms with van der Waals surface area (Å²) in [6.45, 7) is 0. The van der Waals surface area contributed by atoms with E-state index in [0.717, 1.165) is 18.2 Å². The zero-order valence-electron chi connectivity index (χ0n) is 7.99. The van der Waals surface area contributed by atoms with Crippen molar-refractivity contribution in [2.24, 2.45) is 0 Å². The number of alkyl halides is 4. The van der Waals surface area contributed by atoms with E-state index >= 15 is 0 Å². The Balaban J connectivity index is 2.89. The van der Waals surface area contributed by atoms with Gasteiger partial charge in [0.15, 0.2) is 0 Å². The zero-order chi connectivity index (χ0) is 13.2. The van der Waals surface area contributed by atoms with E-state index < -0.39 is 29.8 Å². The van der Waals surface area contributed by atoms with Crippen LogP contribution < -0.4 is 5.32 Å². The zero-order valence-corrected chi connectivity index (χ0v) is 8.74. The number of amides is 1. The molecule has 0 bridgehead atoms. The second kappa shape index (κ2) is 4.87. The highest BCUT2D eigenvalue weighted by Gasteiger charge is 2.49. The number of rotatable bonds is 3. The minimum absolute atomic E-state index is 0.0267. The van der Waals surface area contributed by atoms with Crippen molar-refractivity contribution in [2.45, 2.75) is 12.3 Å². The van der Waals surface area contributed by atoms with Gasteiger partial charge >= 0.3 is 18.3 Å². The molecule has 0 radical (unpaired) electrons. The lowest BCUT2D eigenvalue weighted by Gasteiger charge is -2.15. The standard InChI is InChI=1S/C9H5ClF5NO/c10-4-1-2-6(5(11)3-4)16-8(17)9(14,15)7(12)13/h1-3,7H,(H,16,17). The molecule has 1 aromatic carbocycles. The van der Waals surface area contributed by atoms with Gasteiger partial charge in [-0.25, -0.2) is 13.2 Å². The predicted molar refractivity (Wildman–Crippen MR) is 51.0 cm³/mol. The van der Waals surface area contributed by atoms with Gasteiger partial charge in [-0.2, -0.15) is 8.78 Å². The van der Waals surface area contributed by atoms with Gasteiger partial charge in [-0.1, -0.05) is 11.6 Å². The maximum Gasteiger partial charge on any atom is 0.383 e. The molecule has 8 heteroatoms. The van der Waals surface area contributed by atoms with E-state index in [-0.39, 0.29) is 5.02 Å². The van der Waals surface area contributed by atoms with Crippen LogP contribution in [0.1, 0.15) is 0 Å². The number of carbonyl (C=O) groups is 1. The van der Waals surface area contributed by atoms with Gasteiger partial charge in [0.05, 0.1) is 5.69 Å². The number of carbonyl (C=O) groups excluding carboxylic acids is 1. The number of anilines is 1. The molecular formula is C9H5ClF5NO. The molecule has 0 aliphatic carbocycles. The van der Waals surface area contributed by atoms with Crippen molar-refractivity contribution in [1.29, 1.82) is 0 Å². The van der Waals surface area contributed by atoms with Gasteiger partial charge in [-0.15, -0.1) is 0 Å². The van der Waals surface area contributed by atoms with Crippen LogP contribution in [0.5, 0.6) is 0 Å². The SMILES string of the molecule is O=C(Nc1ccc(Cl)cc1F)C(F)(F)C(F)F. The maximum absolute atomic E-state index is 13.1. The average Bonchev–Trinajstić information content (AvgIpc) is 2.21. The fraction of sp³-hybridized carbons (Fsp3) is 0.222. The Labute approximate surface area is 97.4 Å². The first-order valence-corrected chi connectivity index (χ1v) is 4.55. The smallest absolute Gasteiger partial charge is 0.318 e. The maximum atomic E-state index is 13.1. The van der Waals surface area contributed by atoms with Crippen LogP contribution >= 0.6 is 11.6 Å². The van der Waals surface area contributed by atoms with Crippen LogP contribution in [0.2, 0.25) is 5.02 Å². The summed E-state index contributed by atoms with van der Waals surface area (Å²) in [5.74, 6) is -8.27. The van der Waals surface area contributed by atoms with Gasteiger partial charge in [0.2, 0.25) is 0 Å². The molecule has 0 fully saturated rings. The first-order chi connectivity index (χ1) is 7.75. The summed E-state index contributed by atoms with van der Waals surface area (Å²) < 4.78 is 61.7. The van der Waals surface area contributed by atoms with Crippen LogP contribution in [-0.2, 0) is 4.79 Å². The van der Waals surface area contributed by atoms with Crippen molar-refractivity contribution >= 4 is 23.2 Å². The van der Waals surface area contributed by atoms with E-state index in [0.29, 0.717) is 0 Å². The van der Waals surface area contributed by atoms with E-state index in [1.807, 2.05) is 0 Å². The van der Waals surface area contributed by atoms with Gasteiger partial charge in [0.1, 0.15) is 5.82 Å². The van der Waals surface area contributed by atoms with E-state index in [9.17, 15) is 26.7 Å². The summed E-state index contributed by atoms with van der Waals surface area (Å²) in [7, 11) is 0. The molecule has 2 nitrogen and oxygen atoms in total. The third-order valence-electron chi connectivity index (χ3n) is 1.76. The fourth-order valence-corrected chi connectivity index (χ4v) is 1.05. The van der Waals surface area contributed by atoms with E-state index in [1.54, 1.807) is 0 Å². The molecule has 1 aromatic rings. The van der Waals surface area contributed by atoms with Crippen LogP contribution in [0.3, 0.4) is 0 Å². The Morgan fingerprint density at radius 3 is 2.41 bits per heavy atom. The Hall–Kier alpha value is -1.37. The molecule has 0 saturated carbocycles. The number of hydrogen-bond acceptors (Lipinski definition) is 1. The number of benzene rings is 1. The van der Waals surface area contributed by atoms with Gasteiger partial charge in [0, 0.05) is 5.02 Å². The molecule has 0 atom stereocenters. The fourth-order valence-electron chi connectivity index (χ4n) is 0.896. The first-order valence-electron chi connectivity index (χ1n) is 4.17. The summed E-state index contributed by atoms with van der Waals surface area (Å²) in [5, 5.41) is 1.33. The largest absolute Gasteiger partial charge is 0.383 e. The van der Waals surface area contributed by atoms with Gasteiger partial charge in [-0.05, 0) is 18.2 Å². The van der Waals surface area contributed by atoms with Crippen LogP contribution in [-0.4, -0.2) is 18.3 Å². The summed E-state index contributed by atoms with van der Waals surface area (Å²) in [5.41, 5.74) is -0.653. The second-order valence-electron chi connectivity index (χ2n) is 3.00. The topological polar surface area (TPSA) is 29.1 Å². The summed E-state index contributed by atoms with van der Waals surface area (Å²) in [4.78, 5) is 10.8. The molecule has 94 valence electrons. The van der Waals surface area contributed by atoms with Crippen molar-refractivity contribution < 1.29 is 26.7 Å². The lowest BCUT2D eigenvalue weighted by molar-refractivity contribution is -0.163. The minimum Gasteiger partial charge on any atom is -0.318 e. The second-order valence-corrected chi connectivity index (χ2v) is 3.44. The first kappa shape index (κ1) is 13.7. The third kappa shape index (κ3) is 3.06. The normalized spacial score (nSPS) is 11.7. The lowest BCUT2D eigenvalue weighted by atomic mass is 10.2. The van der Waals surface area contributed by atoms with Crippen LogP contribution in [0, 0.1) is 5.82 Å². The monoisotopic (exact) mass is 273 g/mol. The molecule has 17 heavy (non-hydrogen) atoms. The molecular weight excluding hydrogens is 269 g/mol. The van der Waals surface area contributed by atoms with Gasteiger partial charge in [-0.3, -0.25) is 4.79 Å². The molecule has 0 aliphatic heterocycles. The highest BCUT2D eigenvalue weighted by Crippen LogP contribution is 2.26. The molecule has 1 amide bonds. The molecule has 1 rings (SSSR count). The minimum atomic E-state index is -4.88. The molecule has 0 heterocycles.